The van der Waals surface area contributed by atoms with Crippen LogP contribution in [0.2, 0.25) is 0 Å². The lowest BCUT2D eigenvalue weighted by Gasteiger charge is -2.17. The molecule has 2 aromatic heterocycles. The topological polar surface area (TPSA) is 79.2 Å². The van der Waals surface area contributed by atoms with Crippen molar-refractivity contribution in [2.24, 2.45) is 0 Å². The van der Waals surface area contributed by atoms with Crippen LogP contribution in [0.15, 0.2) is 42.9 Å². The minimum Gasteiger partial charge on any atom is -0.475 e. The Morgan fingerprint density at radius 1 is 1.19 bits per heavy atom. The smallest absolute Gasteiger partial charge is 0.475 e. The minimum atomic E-state index is -5.08. The van der Waals surface area contributed by atoms with E-state index in [1.165, 1.54) is 34.3 Å². The number of aromatic nitrogens is 3. The molecule has 1 atom stereocenters. The molecule has 1 unspecified atom stereocenters. The lowest BCUT2D eigenvalue weighted by atomic mass is 10.0. The SMILES string of the molecule is Cc1cnc(CCN2CCC(c3ncnc4ccccc34)C2)c(C)c1.O=C(O)C(F)(F)F. The van der Waals surface area contributed by atoms with E-state index in [9.17, 15) is 13.2 Å². The highest BCUT2D eigenvalue weighted by atomic mass is 19.4. The maximum Gasteiger partial charge on any atom is 0.490 e. The Morgan fingerprint density at radius 3 is 2.59 bits per heavy atom. The van der Waals surface area contributed by atoms with E-state index in [-0.39, 0.29) is 0 Å². The summed E-state index contributed by atoms with van der Waals surface area (Å²) in [5.41, 5.74) is 6.01. The predicted octanol–water partition coefficient (Wildman–Crippen LogP) is 4.31. The molecule has 3 aromatic rings. The fourth-order valence-electron chi connectivity index (χ4n) is 3.88. The van der Waals surface area contributed by atoms with Crippen molar-refractivity contribution < 1.29 is 23.1 Å². The molecule has 170 valence electrons. The third-order valence-corrected chi connectivity index (χ3v) is 5.46. The number of rotatable bonds is 4. The third kappa shape index (κ3) is 6.00. The maximum absolute atomic E-state index is 10.6. The van der Waals surface area contributed by atoms with E-state index in [0.717, 1.165) is 31.6 Å². The highest BCUT2D eigenvalue weighted by molar-refractivity contribution is 5.81. The average Bonchev–Trinajstić information content (AvgIpc) is 3.21. The molecular weight excluding hydrogens is 421 g/mol. The number of carboxylic acid groups (broad SMARTS) is 1. The second-order valence-corrected chi connectivity index (χ2v) is 7.89. The molecule has 0 saturated carbocycles. The number of carboxylic acids is 1. The second-order valence-electron chi connectivity index (χ2n) is 7.89. The van der Waals surface area contributed by atoms with Crippen molar-refractivity contribution in [2.75, 3.05) is 19.6 Å². The van der Waals surface area contributed by atoms with E-state index >= 15 is 0 Å². The van der Waals surface area contributed by atoms with Gasteiger partial charge in [-0.3, -0.25) is 4.98 Å². The number of benzene rings is 1. The van der Waals surface area contributed by atoms with Gasteiger partial charge in [0.2, 0.25) is 0 Å². The van der Waals surface area contributed by atoms with Crippen molar-refractivity contribution in [1.29, 1.82) is 0 Å². The standard InChI is InChI=1S/C21H24N4.C2HF3O2/c1-15-11-16(2)19(22-12-15)8-10-25-9-7-17(13-25)21-18-5-3-4-6-20(18)23-14-24-21;3-2(4,5)1(6)7/h3-6,11-12,14,17H,7-10,13H2,1-2H3;(H,6,7). The number of para-hydroxylation sites is 1. The Labute approximate surface area is 184 Å². The zero-order chi connectivity index (χ0) is 23.3. The van der Waals surface area contributed by atoms with Crippen LogP contribution in [-0.4, -0.2) is 56.7 Å². The van der Waals surface area contributed by atoms with Crippen LogP contribution >= 0.6 is 0 Å². The molecule has 0 bridgehead atoms. The van der Waals surface area contributed by atoms with Crippen molar-refractivity contribution in [1.82, 2.24) is 19.9 Å². The predicted molar refractivity (Wildman–Crippen MR) is 114 cm³/mol. The molecule has 0 amide bonds. The number of likely N-dealkylation sites (tertiary alicyclic amines) is 1. The van der Waals surface area contributed by atoms with Crippen molar-refractivity contribution in [3.8, 4) is 0 Å². The number of pyridine rings is 1. The van der Waals surface area contributed by atoms with Crippen molar-refractivity contribution in [3.05, 3.63) is 65.4 Å². The fourth-order valence-corrected chi connectivity index (χ4v) is 3.88. The molecule has 1 aromatic carbocycles. The summed E-state index contributed by atoms with van der Waals surface area (Å²) in [5.74, 6) is -2.26. The first-order valence-corrected chi connectivity index (χ1v) is 10.3. The second kappa shape index (κ2) is 10.0. The monoisotopic (exact) mass is 446 g/mol. The Morgan fingerprint density at radius 2 is 1.91 bits per heavy atom. The van der Waals surface area contributed by atoms with E-state index < -0.39 is 12.1 Å². The number of nitrogens with zero attached hydrogens (tertiary/aromatic N) is 4. The Balaban J connectivity index is 0.000000360. The highest BCUT2D eigenvalue weighted by Crippen LogP contribution is 2.30. The van der Waals surface area contributed by atoms with E-state index in [1.54, 1.807) is 6.33 Å². The molecule has 1 saturated heterocycles. The third-order valence-electron chi connectivity index (χ3n) is 5.46. The molecule has 1 N–H and O–H groups in total. The number of aliphatic carboxylic acids is 1. The summed E-state index contributed by atoms with van der Waals surface area (Å²) in [6.45, 7) is 7.53. The summed E-state index contributed by atoms with van der Waals surface area (Å²) in [4.78, 5) is 25.1. The van der Waals surface area contributed by atoms with Gasteiger partial charge < -0.3 is 10.0 Å². The first-order valence-electron chi connectivity index (χ1n) is 10.3. The summed E-state index contributed by atoms with van der Waals surface area (Å²) in [5, 5.41) is 8.33. The summed E-state index contributed by atoms with van der Waals surface area (Å²) in [6, 6.07) is 10.6. The molecule has 4 rings (SSSR count). The number of alkyl halides is 3. The Bertz CT molecular complexity index is 1080. The van der Waals surface area contributed by atoms with Crippen LogP contribution in [0.5, 0.6) is 0 Å². The Kier molecular flexibility index (Phi) is 7.40. The molecule has 1 aliphatic heterocycles. The van der Waals surface area contributed by atoms with Gasteiger partial charge in [0.05, 0.1) is 11.2 Å². The van der Waals surface area contributed by atoms with Gasteiger partial charge >= 0.3 is 12.1 Å². The first kappa shape index (κ1) is 23.6. The average molecular weight is 446 g/mol. The van der Waals surface area contributed by atoms with Gasteiger partial charge in [-0.15, -0.1) is 0 Å². The molecule has 1 fully saturated rings. The number of hydrogen-bond donors (Lipinski definition) is 1. The molecule has 0 aliphatic carbocycles. The van der Waals surface area contributed by atoms with Crippen LogP contribution in [0, 0.1) is 13.8 Å². The van der Waals surface area contributed by atoms with Crippen LogP contribution in [0.1, 0.15) is 34.9 Å². The van der Waals surface area contributed by atoms with Crippen LogP contribution in [0.3, 0.4) is 0 Å². The van der Waals surface area contributed by atoms with E-state index in [1.807, 2.05) is 12.3 Å². The van der Waals surface area contributed by atoms with E-state index in [4.69, 9.17) is 9.90 Å². The van der Waals surface area contributed by atoms with Crippen LogP contribution in [0.4, 0.5) is 13.2 Å². The van der Waals surface area contributed by atoms with Gasteiger partial charge in [-0.2, -0.15) is 13.2 Å². The maximum atomic E-state index is 10.6. The van der Waals surface area contributed by atoms with E-state index in [2.05, 4.69) is 58.0 Å². The highest BCUT2D eigenvalue weighted by Gasteiger charge is 2.38. The van der Waals surface area contributed by atoms with Gasteiger partial charge in [0.1, 0.15) is 6.33 Å². The van der Waals surface area contributed by atoms with Gasteiger partial charge in [-0.05, 0) is 44.0 Å². The van der Waals surface area contributed by atoms with Crippen LogP contribution < -0.4 is 0 Å². The van der Waals surface area contributed by atoms with Crippen LogP contribution in [-0.2, 0) is 11.2 Å². The molecule has 0 radical (unpaired) electrons. The number of fused-ring (bicyclic) bond motifs is 1. The lowest BCUT2D eigenvalue weighted by molar-refractivity contribution is -0.192. The number of aryl methyl sites for hydroxylation is 2. The molecule has 0 spiro atoms. The molecule has 1 aliphatic rings. The normalized spacial score (nSPS) is 16.6. The summed E-state index contributed by atoms with van der Waals surface area (Å²) in [7, 11) is 0. The minimum absolute atomic E-state index is 0.500. The molecule has 9 heteroatoms. The molecule has 3 heterocycles. The quantitative estimate of drug-likeness (QED) is 0.644. The number of halogens is 3. The molecular formula is C23H25F3N4O2. The van der Waals surface area contributed by atoms with Gasteiger partial charge in [0, 0.05) is 42.7 Å². The summed E-state index contributed by atoms with van der Waals surface area (Å²) >= 11 is 0. The summed E-state index contributed by atoms with van der Waals surface area (Å²) in [6.07, 6.45) is 0.784. The van der Waals surface area contributed by atoms with Gasteiger partial charge in [0.15, 0.2) is 0 Å². The molecule has 32 heavy (non-hydrogen) atoms. The van der Waals surface area contributed by atoms with Gasteiger partial charge in [-0.25, -0.2) is 14.8 Å². The fraction of sp³-hybridized carbons (Fsp3) is 0.391. The lowest BCUT2D eigenvalue weighted by Crippen LogP contribution is -2.23. The van der Waals surface area contributed by atoms with Crippen molar-refractivity contribution in [3.63, 3.8) is 0 Å². The Hall–Kier alpha value is -3.07. The summed E-state index contributed by atoms with van der Waals surface area (Å²) < 4.78 is 31.7. The van der Waals surface area contributed by atoms with Crippen molar-refractivity contribution >= 4 is 16.9 Å². The van der Waals surface area contributed by atoms with Gasteiger partial charge in [0.25, 0.3) is 0 Å². The zero-order valence-electron chi connectivity index (χ0n) is 17.9. The first-order chi connectivity index (χ1) is 15.1. The van der Waals surface area contributed by atoms with Crippen molar-refractivity contribution in [2.45, 2.75) is 38.8 Å². The number of hydrogen-bond acceptors (Lipinski definition) is 5. The van der Waals surface area contributed by atoms with Gasteiger partial charge in [-0.1, -0.05) is 24.3 Å². The van der Waals surface area contributed by atoms with Crippen LogP contribution in [0.25, 0.3) is 10.9 Å². The largest absolute Gasteiger partial charge is 0.490 e. The van der Waals surface area contributed by atoms with E-state index in [0.29, 0.717) is 5.92 Å². The molecule has 6 nitrogen and oxygen atoms in total. The number of carbonyl (C=O) groups is 1. The zero-order valence-corrected chi connectivity index (χ0v) is 17.9.